The lowest BCUT2D eigenvalue weighted by Crippen LogP contribution is -2.53. The predicted molar refractivity (Wildman–Crippen MR) is 94.6 cm³/mol. The summed E-state index contributed by atoms with van der Waals surface area (Å²) in [6.45, 7) is 3.67. The van der Waals surface area contributed by atoms with Crippen molar-refractivity contribution in [3.05, 3.63) is 17.5 Å². The molecular weight excluding hydrogens is 306 g/mol. The Bertz CT molecular complexity index is 524. The van der Waals surface area contributed by atoms with Crippen molar-refractivity contribution in [3.63, 3.8) is 0 Å². The van der Waals surface area contributed by atoms with Crippen LogP contribution in [0.1, 0.15) is 32.1 Å². The second-order valence-corrected chi connectivity index (χ2v) is 8.39. The number of hydrogen-bond donors (Lipinski definition) is 1. The number of hydrogen-bond acceptors (Lipinski definition) is 4. The molecule has 0 aromatic carbocycles. The fraction of sp³-hybridized carbons (Fsp3) is 0.722. The minimum absolute atomic E-state index is 0.235. The SMILES string of the molecule is NC1C2CCCC1CC(C(=O)N1CCN(c3cccs3)CC1)C2. The van der Waals surface area contributed by atoms with Crippen LogP contribution < -0.4 is 10.6 Å². The lowest BCUT2D eigenvalue weighted by Gasteiger charge is -2.45. The molecule has 126 valence electrons. The van der Waals surface area contributed by atoms with E-state index in [2.05, 4.69) is 27.3 Å². The molecule has 1 aromatic rings. The topological polar surface area (TPSA) is 49.6 Å². The maximum absolute atomic E-state index is 13.0. The molecule has 2 atom stereocenters. The summed E-state index contributed by atoms with van der Waals surface area (Å²) in [5.41, 5.74) is 6.37. The Balaban J connectivity index is 1.35. The zero-order chi connectivity index (χ0) is 15.8. The Labute approximate surface area is 142 Å². The number of carbonyl (C=O) groups is 1. The third-order valence-corrected chi connectivity index (χ3v) is 7.10. The van der Waals surface area contributed by atoms with E-state index in [1.807, 2.05) is 0 Å². The monoisotopic (exact) mass is 333 g/mol. The molecule has 4 rings (SSSR count). The normalized spacial score (nSPS) is 34.5. The van der Waals surface area contributed by atoms with Crippen LogP contribution >= 0.6 is 11.3 Å². The number of carbonyl (C=O) groups excluding carboxylic acids is 1. The van der Waals surface area contributed by atoms with E-state index in [1.165, 1.54) is 24.3 Å². The predicted octanol–water partition coefficient (Wildman–Crippen LogP) is 2.55. The van der Waals surface area contributed by atoms with Gasteiger partial charge in [-0.25, -0.2) is 0 Å². The third-order valence-electron chi connectivity index (χ3n) is 6.17. The van der Waals surface area contributed by atoms with E-state index in [0.717, 1.165) is 39.0 Å². The van der Waals surface area contributed by atoms with E-state index in [0.29, 0.717) is 23.8 Å². The van der Waals surface area contributed by atoms with Crippen LogP contribution in [0.3, 0.4) is 0 Å². The fourth-order valence-electron chi connectivity index (χ4n) is 4.85. The molecule has 0 radical (unpaired) electrons. The van der Waals surface area contributed by atoms with Gasteiger partial charge < -0.3 is 15.5 Å². The largest absolute Gasteiger partial charge is 0.360 e. The highest BCUT2D eigenvalue weighted by molar-refractivity contribution is 7.14. The molecule has 2 unspecified atom stereocenters. The van der Waals surface area contributed by atoms with Gasteiger partial charge in [0.15, 0.2) is 0 Å². The quantitative estimate of drug-likeness (QED) is 0.905. The Morgan fingerprint density at radius 2 is 1.83 bits per heavy atom. The first-order valence-corrected chi connectivity index (χ1v) is 9.93. The van der Waals surface area contributed by atoms with Crippen molar-refractivity contribution in [2.24, 2.45) is 23.5 Å². The Morgan fingerprint density at radius 3 is 2.43 bits per heavy atom. The van der Waals surface area contributed by atoms with Crippen LogP contribution in [0.4, 0.5) is 5.00 Å². The minimum atomic E-state index is 0.235. The van der Waals surface area contributed by atoms with E-state index >= 15 is 0 Å². The number of fused-ring (bicyclic) bond motifs is 2. The van der Waals surface area contributed by atoms with Crippen LogP contribution in [0.5, 0.6) is 0 Å². The lowest BCUT2D eigenvalue weighted by atomic mass is 9.65. The van der Waals surface area contributed by atoms with Crippen LogP contribution in [0.2, 0.25) is 0 Å². The first-order valence-electron chi connectivity index (χ1n) is 9.05. The van der Waals surface area contributed by atoms with E-state index in [9.17, 15) is 4.79 Å². The van der Waals surface area contributed by atoms with Gasteiger partial charge in [-0.2, -0.15) is 0 Å². The van der Waals surface area contributed by atoms with Crippen molar-refractivity contribution in [1.82, 2.24) is 4.90 Å². The molecule has 0 spiro atoms. The van der Waals surface area contributed by atoms with Gasteiger partial charge in [0.05, 0.1) is 5.00 Å². The summed E-state index contributed by atoms with van der Waals surface area (Å²) in [7, 11) is 0. The van der Waals surface area contributed by atoms with Gasteiger partial charge in [0.25, 0.3) is 0 Å². The Hall–Kier alpha value is -1.07. The summed E-state index contributed by atoms with van der Waals surface area (Å²) in [5, 5.41) is 3.45. The molecule has 3 fully saturated rings. The van der Waals surface area contributed by atoms with Crippen LogP contribution in [-0.4, -0.2) is 43.0 Å². The summed E-state index contributed by atoms with van der Waals surface area (Å²) in [6, 6.07) is 4.62. The van der Waals surface area contributed by atoms with Crippen molar-refractivity contribution in [3.8, 4) is 0 Å². The number of amides is 1. The van der Waals surface area contributed by atoms with Crippen LogP contribution in [-0.2, 0) is 4.79 Å². The number of nitrogens with two attached hydrogens (primary N) is 1. The van der Waals surface area contributed by atoms with Crippen molar-refractivity contribution in [2.75, 3.05) is 31.1 Å². The molecule has 3 aliphatic rings. The molecule has 1 aliphatic heterocycles. The molecule has 2 N–H and O–H groups in total. The molecule has 23 heavy (non-hydrogen) atoms. The van der Waals surface area contributed by atoms with Crippen molar-refractivity contribution >= 4 is 22.2 Å². The average Bonchev–Trinajstić information content (AvgIpc) is 3.08. The number of thiophene rings is 1. The van der Waals surface area contributed by atoms with Gasteiger partial charge in [-0.05, 0) is 55.0 Å². The van der Waals surface area contributed by atoms with Gasteiger partial charge in [0, 0.05) is 38.1 Å². The fourth-order valence-corrected chi connectivity index (χ4v) is 5.63. The van der Waals surface area contributed by atoms with Gasteiger partial charge in [0.2, 0.25) is 5.91 Å². The smallest absolute Gasteiger partial charge is 0.225 e. The van der Waals surface area contributed by atoms with Gasteiger partial charge in [-0.15, -0.1) is 11.3 Å². The summed E-state index contributed by atoms with van der Waals surface area (Å²) < 4.78 is 0. The molecule has 1 saturated heterocycles. The zero-order valence-corrected chi connectivity index (χ0v) is 14.5. The Morgan fingerprint density at radius 1 is 1.13 bits per heavy atom. The molecule has 5 heteroatoms. The molecule has 1 aromatic heterocycles. The summed E-state index contributed by atoms with van der Waals surface area (Å²) in [5.74, 6) is 1.81. The maximum atomic E-state index is 13.0. The van der Waals surface area contributed by atoms with Crippen molar-refractivity contribution in [2.45, 2.75) is 38.1 Å². The van der Waals surface area contributed by atoms with E-state index in [1.54, 1.807) is 11.3 Å². The number of nitrogens with zero attached hydrogens (tertiary/aromatic N) is 2. The highest BCUT2D eigenvalue weighted by Gasteiger charge is 2.41. The first-order chi connectivity index (χ1) is 11.2. The molecular formula is C18H27N3OS. The maximum Gasteiger partial charge on any atom is 0.225 e. The molecule has 4 nitrogen and oxygen atoms in total. The summed E-state index contributed by atoms with van der Waals surface area (Å²) >= 11 is 1.79. The number of anilines is 1. The highest BCUT2D eigenvalue weighted by Crippen LogP contribution is 2.42. The van der Waals surface area contributed by atoms with E-state index < -0.39 is 0 Å². The standard InChI is InChI=1S/C18H27N3OS/c19-17-13-3-1-4-14(17)12-15(11-13)18(22)21-8-6-20(7-9-21)16-5-2-10-23-16/h2,5,10,13-15,17H,1,3-4,6-9,11-12,19H2. The molecule has 2 bridgehead atoms. The number of piperazine rings is 1. The highest BCUT2D eigenvalue weighted by atomic mass is 32.1. The number of rotatable bonds is 2. The molecule has 2 saturated carbocycles. The van der Waals surface area contributed by atoms with E-state index in [4.69, 9.17) is 5.73 Å². The summed E-state index contributed by atoms with van der Waals surface area (Å²) in [4.78, 5) is 17.5. The third kappa shape index (κ3) is 3.01. The zero-order valence-electron chi connectivity index (χ0n) is 13.7. The van der Waals surface area contributed by atoms with Crippen molar-refractivity contribution < 1.29 is 4.79 Å². The van der Waals surface area contributed by atoms with Gasteiger partial charge in [0.1, 0.15) is 0 Å². The molecule has 2 aliphatic carbocycles. The Kier molecular flexibility index (Phi) is 4.33. The molecule has 2 heterocycles. The minimum Gasteiger partial charge on any atom is -0.360 e. The van der Waals surface area contributed by atoms with Crippen molar-refractivity contribution in [1.29, 1.82) is 0 Å². The van der Waals surface area contributed by atoms with Crippen LogP contribution in [0.25, 0.3) is 0 Å². The van der Waals surface area contributed by atoms with Gasteiger partial charge in [-0.1, -0.05) is 6.42 Å². The molecule has 1 amide bonds. The van der Waals surface area contributed by atoms with Gasteiger partial charge >= 0.3 is 0 Å². The van der Waals surface area contributed by atoms with E-state index in [-0.39, 0.29) is 5.92 Å². The van der Waals surface area contributed by atoms with Crippen LogP contribution in [0.15, 0.2) is 17.5 Å². The first kappa shape index (κ1) is 15.5. The van der Waals surface area contributed by atoms with Gasteiger partial charge in [-0.3, -0.25) is 4.79 Å². The summed E-state index contributed by atoms with van der Waals surface area (Å²) in [6.07, 6.45) is 5.83. The lowest BCUT2D eigenvalue weighted by molar-refractivity contribution is -0.138. The van der Waals surface area contributed by atoms with Crippen LogP contribution in [0, 0.1) is 17.8 Å². The second kappa shape index (κ2) is 6.44. The average molecular weight is 334 g/mol. The second-order valence-electron chi connectivity index (χ2n) is 7.46.